The highest BCUT2D eigenvalue weighted by Gasteiger charge is 2.15. The zero-order valence-corrected chi connectivity index (χ0v) is 15.5. The van der Waals surface area contributed by atoms with Crippen molar-refractivity contribution in [3.8, 4) is 0 Å². The summed E-state index contributed by atoms with van der Waals surface area (Å²) in [6, 6.07) is 3.65. The van der Waals surface area contributed by atoms with Gasteiger partial charge in [0.2, 0.25) is 5.91 Å². The van der Waals surface area contributed by atoms with Gasteiger partial charge >= 0.3 is 0 Å². The number of thiophene rings is 1. The smallest absolute Gasteiger partial charge is 0.230 e. The highest BCUT2D eigenvalue weighted by atomic mass is 32.2. The molecule has 0 aliphatic carbocycles. The normalized spacial score (nSPS) is 11.1. The number of amides is 1. The highest BCUT2D eigenvalue weighted by Crippen LogP contribution is 2.35. The molecular formula is C17H19N3O2S2. The first-order valence-electron chi connectivity index (χ1n) is 7.77. The third-order valence-electron chi connectivity index (χ3n) is 3.74. The van der Waals surface area contributed by atoms with Crippen LogP contribution in [0.1, 0.15) is 28.9 Å². The van der Waals surface area contributed by atoms with Crippen molar-refractivity contribution in [3.05, 3.63) is 40.4 Å². The summed E-state index contributed by atoms with van der Waals surface area (Å²) >= 11 is 3.15. The fourth-order valence-corrected chi connectivity index (χ4v) is 4.35. The van der Waals surface area contributed by atoms with Crippen LogP contribution in [0, 0.1) is 13.8 Å². The number of furan rings is 1. The van der Waals surface area contributed by atoms with Crippen molar-refractivity contribution in [2.24, 2.45) is 0 Å². The molecule has 126 valence electrons. The molecule has 0 radical (unpaired) electrons. The van der Waals surface area contributed by atoms with Gasteiger partial charge in [-0.05, 0) is 31.5 Å². The molecule has 3 rings (SSSR count). The van der Waals surface area contributed by atoms with Gasteiger partial charge in [-0.3, -0.25) is 4.79 Å². The minimum Gasteiger partial charge on any atom is -0.467 e. The van der Waals surface area contributed by atoms with Crippen LogP contribution in [0.5, 0.6) is 0 Å². The molecule has 0 unspecified atom stereocenters. The van der Waals surface area contributed by atoms with Gasteiger partial charge in [0.1, 0.15) is 21.4 Å². The van der Waals surface area contributed by atoms with Crippen LogP contribution in [0.4, 0.5) is 0 Å². The van der Waals surface area contributed by atoms with E-state index in [2.05, 4.69) is 29.1 Å². The van der Waals surface area contributed by atoms with Gasteiger partial charge in [0.05, 0.1) is 18.6 Å². The monoisotopic (exact) mass is 361 g/mol. The number of aromatic nitrogens is 2. The lowest BCUT2D eigenvalue weighted by atomic mass is 10.2. The summed E-state index contributed by atoms with van der Waals surface area (Å²) in [6.07, 6.45) is 2.38. The molecule has 0 aliphatic heterocycles. The average Bonchev–Trinajstić information content (AvgIpc) is 3.19. The quantitative estimate of drug-likeness (QED) is 0.533. The van der Waals surface area contributed by atoms with Crippen molar-refractivity contribution in [1.82, 2.24) is 15.3 Å². The predicted octanol–water partition coefficient (Wildman–Crippen LogP) is 3.87. The first-order valence-corrected chi connectivity index (χ1v) is 9.57. The van der Waals surface area contributed by atoms with Gasteiger partial charge < -0.3 is 9.73 Å². The summed E-state index contributed by atoms with van der Waals surface area (Å²) in [5.41, 5.74) is 1.20. The van der Waals surface area contributed by atoms with Crippen molar-refractivity contribution in [3.63, 3.8) is 0 Å². The number of hydrogen-bond acceptors (Lipinski definition) is 6. The second kappa shape index (κ2) is 7.36. The number of nitrogens with one attached hydrogen (secondary N) is 1. The summed E-state index contributed by atoms with van der Waals surface area (Å²) in [5, 5.41) is 4.83. The number of rotatable bonds is 6. The molecule has 1 amide bonds. The highest BCUT2D eigenvalue weighted by molar-refractivity contribution is 8.00. The second-order valence-electron chi connectivity index (χ2n) is 5.41. The largest absolute Gasteiger partial charge is 0.467 e. The summed E-state index contributed by atoms with van der Waals surface area (Å²) in [4.78, 5) is 23.6. The standard InChI is InChI=1S/C17H19N3O2S2/c1-4-13-19-16(15-10(2)11(3)24-17(15)20-13)23-9-14(21)18-8-12-6-5-7-22-12/h5-7H,4,8-9H2,1-3H3,(H,18,21). The molecule has 0 fully saturated rings. The van der Waals surface area contributed by atoms with Crippen molar-refractivity contribution < 1.29 is 9.21 Å². The lowest BCUT2D eigenvalue weighted by molar-refractivity contribution is -0.118. The van der Waals surface area contributed by atoms with E-state index in [-0.39, 0.29) is 5.91 Å². The molecule has 3 aromatic heterocycles. The Bertz CT molecular complexity index is 856. The first-order chi connectivity index (χ1) is 11.6. The Morgan fingerprint density at radius 3 is 2.92 bits per heavy atom. The maximum absolute atomic E-state index is 12.1. The molecule has 0 saturated carbocycles. The summed E-state index contributed by atoms with van der Waals surface area (Å²) in [6.45, 7) is 6.63. The Kier molecular flexibility index (Phi) is 5.20. The molecule has 7 heteroatoms. The van der Waals surface area contributed by atoms with Crippen LogP contribution >= 0.6 is 23.1 Å². The van der Waals surface area contributed by atoms with Gasteiger partial charge in [0.15, 0.2) is 0 Å². The average molecular weight is 361 g/mol. The van der Waals surface area contributed by atoms with Crippen LogP contribution in [0.15, 0.2) is 27.8 Å². The molecule has 24 heavy (non-hydrogen) atoms. The van der Waals surface area contributed by atoms with Crippen LogP contribution in [-0.2, 0) is 17.8 Å². The molecule has 0 spiro atoms. The van der Waals surface area contributed by atoms with Crippen molar-refractivity contribution >= 4 is 39.2 Å². The van der Waals surface area contributed by atoms with Gasteiger partial charge in [0, 0.05) is 16.7 Å². The third-order valence-corrected chi connectivity index (χ3v) is 5.81. The van der Waals surface area contributed by atoms with E-state index < -0.39 is 0 Å². The maximum atomic E-state index is 12.1. The Morgan fingerprint density at radius 2 is 2.21 bits per heavy atom. The van der Waals surface area contributed by atoms with Crippen LogP contribution in [0.2, 0.25) is 0 Å². The van der Waals surface area contributed by atoms with E-state index in [1.54, 1.807) is 17.6 Å². The van der Waals surface area contributed by atoms with Crippen LogP contribution in [0.3, 0.4) is 0 Å². The lowest BCUT2D eigenvalue weighted by Crippen LogP contribution is -2.24. The zero-order valence-electron chi connectivity index (χ0n) is 13.9. The molecule has 3 aromatic rings. The van der Waals surface area contributed by atoms with E-state index in [1.165, 1.54) is 22.2 Å². The molecule has 0 atom stereocenters. The fourth-order valence-electron chi connectivity index (χ4n) is 2.30. The molecule has 0 aromatic carbocycles. The maximum Gasteiger partial charge on any atom is 0.230 e. The Balaban J connectivity index is 1.73. The van der Waals surface area contributed by atoms with E-state index in [0.29, 0.717) is 12.3 Å². The van der Waals surface area contributed by atoms with E-state index in [4.69, 9.17) is 4.42 Å². The number of carbonyl (C=O) groups is 1. The van der Waals surface area contributed by atoms with Gasteiger partial charge in [-0.25, -0.2) is 9.97 Å². The Hall–Kier alpha value is -1.86. The molecule has 0 bridgehead atoms. The van der Waals surface area contributed by atoms with Crippen molar-refractivity contribution in [2.75, 3.05) is 5.75 Å². The van der Waals surface area contributed by atoms with Gasteiger partial charge in [0.25, 0.3) is 0 Å². The summed E-state index contributed by atoms with van der Waals surface area (Å²) in [7, 11) is 0. The van der Waals surface area contributed by atoms with E-state index >= 15 is 0 Å². The SMILES string of the molecule is CCc1nc(SCC(=O)NCc2ccco2)c2c(C)c(C)sc2n1. The summed E-state index contributed by atoms with van der Waals surface area (Å²) in [5.74, 6) is 1.85. The number of thioether (sulfide) groups is 1. The van der Waals surface area contributed by atoms with Gasteiger partial charge in [-0.1, -0.05) is 18.7 Å². The number of carbonyl (C=O) groups excluding carboxylic acids is 1. The molecule has 5 nitrogen and oxygen atoms in total. The second-order valence-corrected chi connectivity index (χ2v) is 7.57. The Morgan fingerprint density at radius 1 is 1.38 bits per heavy atom. The molecule has 0 aliphatic rings. The zero-order chi connectivity index (χ0) is 17.1. The van der Waals surface area contributed by atoms with E-state index in [1.807, 2.05) is 19.1 Å². The number of fused-ring (bicyclic) bond motifs is 1. The molecular weight excluding hydrogens is 342 g/mol. The Labute approximate surface area is 148 Å². The minimum atomic E-state index is -0.0363. The lowest BCUT2D eigenvalue weighted by Gasteiger charge is -2.06. The number of aryl methyl sites for hydroxylation is 3. The third kappa shape index (κ3) is 3.62. The first kappa shape index (κ1) is 17.0. The minimum absolute atomic E-state index is 0.0363. The fraction of sp³-hybridized carbons (Fsp3) is 0.353. The molecule has 0 saturated heterocycles. The van der Waals surface area contributed by atoms with Crippen molar-refractivity contribution in [2.45, 2.75) is 38.8 Å². The molecule has 1 N–H and O–H groups in total. The predicted molar refractivity (Wildman–Crippen MR) is 97.5 cm³/mol. The van der Waals surface area contributed by atoms with Crippen LogP contribution in [0.25, 0.3) is 10.2 Å². The number of hydrogen-bond donors (Lipinski definition) is 1. The summed E-state index contributed by atoms with van der Waals surface area (Å²) < 4.78 is 5.21. The van der Waals surface area contributed by atoms with Crippen LogP contribution in [-0.4, -0.2) is 21.6 Å². The van der Waals surface area contributed by atoms with Gasteiger partial charge in [-0.2, -0.15) is 0 Å². The van der Waals surface area contributed by atoms with E-state index in [0.717, 1.165) is 33.2 Å². The van der Waals surface area contributed by atoms with Crippen LogP contribution < -0.4 is 5.32 Å². The van der Waals surface area contributed by atoms with E-state index in [9.17, 15) is 4.79 Å². The van der Waals surface area contributed by atoms with Crippen molar-refractivity contribution in [1.29, 1.82) is 0 Å². The van der Waals surface area contributed by atoms with Gasteiger partial charge in [-0.15, -0.1) is 11.3 Å². The topological polar surface area (TPSA) is 68.0 Å². The molecule has 3 heterocycles. The number of nitrogens with zero attached hydrogens (tertiary/aromatic N) is 2.